The molecular weight excluding hydrogens is 358 g/mol. The second kappa shape index (κ2) is 9.19. The van der Waals surface area contributed by atoms with Crippen LogP contribution in [0, 0.1) is 0 Å². The lowest BCUT2D eigenvalue weighted by atomic mass is 10.1. The third kappa shape index (κ3) is 5.31. The second-order valence-electron chi connectivity index (χ2n) is 6.30. The summed E-state index contributed by atoms with van der Waals surface area (Å²) >= 11 is 6.12. The molecule has 0 fully saturated rings. The summed E-state index contributed by atoms with van der Waals surface area (Å²) in [5, 5.41) is 6.77. The molecule has 0 aliphatic heterocycles. The van der Waals surface area contributed by atoms with Crippen LogP contribution in [0.15, 0.2) is 67.0 Å². The summed E-state index contributed by atoms with van der Waals surface area (Å²) in [6.07, 6.45) is 5.62. The van der Waals surface area contributed by atoms with Gasteiger partial charge < -0.3 is 10.6 Å². The van der Waals surface area contributed by atoms with Crippen LogP contribution >= 0.6 is 11.6 Å². The van der Waals surface area contributed by atoms with Gasteiger partial charge in [0.05, 0.1) is 5.56 Å². The Morgan fingerprint density at radius 2 is 1.74 bits per heavy atom. The van der Waals surface area contributed by atoms with Crippen molar-refractivity contribution in [1.82, 2.24) is 4.98 Å². The predicted octanol–water partition coefficient (Wildman–Crippen LogP) is 5.55. The largest absolute Gasteiger partial charge is 0.380 e. The number of hydrogen-bond donors (Lipinski definition) is 2. The van der Waals surface area contributed by atoms with Gasteiger partial charge in [0.2, 0.25) is 0 Å². The van der Waals surface area contributed by atoms with E-state index in [1.54, 1.807) is 24.5 Å². The van der Waals surface area contributed by atoms with Crippen LogP contribution in [0.3, 0.4) is 0 Å². The summed E-state index contributed by atoms with van der Waals surface area (Å²) in [5.41, 5.74) is 4.35. The van der Waals surface area contributed by atoms with Gasteiger partial charge >= 0.3 is 0 Å². The number of pyridine rings is 1. The molecule has 0 unspecified atom stereocenters. The molecule has 0 aliphatic rings. The van der Waals surface area contributed by atoms with Gasteiger partial charge in [0, 0.05) is 35.3 Å². The van der Waals surface area contributed by atoms with Crippen LogP contribution in [-0.4, -0.2) is 10.9 Å². The first-order valence-electron chi connectivity index (χ1n) is 8.98. The Morgan fingerprint density at radius 3 is 2.44 bits per heavy atom. The number of nitrogens with one attached hydrogen (secondary N) is 2. The van der Waals surface area contributed by atoms with Gasteiger partial charge in [0.1, 0.15) is 0 Å². The molecule has 0 saturated carbocycles. The highest BCUT2D eigenvalue weighted by Gasteiger charge is 2.13. The molecule has 5 heteroatoms. The molecule has 0 aliphatic carbocycles. The van der Waals surface area contributed by atoms with Crippen LogP contribution in [0.2, 0.25) is 5.02 Å². The lowest BCUT2D eigenvalue weighted by Crippen LogP contribution is -2.15. The molecule has 0 bridgehead atoms. The molecule has 0 radical (unpaired) electrons. The number of hydrogen-bond acceptors (Lipinski definition) is 3. The highest BCUT2D eigenvalue weighted by atomic mass is 35.5. The third-order valence-corrected chi connectivity index (χ3v) is 4.44. The van der Waals surface area contributed by atoms with Crippen molar-refractivity contribution in [1.29, 1.82) is 0 Å². The lowest BCUT2D eigenvalue weighted by molar-refractivity contribution is 0.102. The van der Waals surface area contributed by atoms with Crippen molar-refractivity contribution >= 4 is 28.9 Å². The number of benzene rings is 2. The van der Waals surface area contributed by atoms with Crippen molar-refractivity contribution in [2.45, 2.75) is 26.3 Å². The minimum Gasteiger partial charge on any atom is -0.380 e. The maximum atomic E-state index is 12.8. The Labute approximate surface area is 164 Å². The minimum atomic E-state index is -0.196. The third-order valence-electron chi connectivity index (χ3n) is 4.21. The Kier molecular flexibility index (Phi) is 6.44. The number of aryl methyl sites for hydroxylation is 1. The number of carbonyl (C=O) groups excluding carboxylic acids is 1. The predicted molar refractivity (Wildman–Crippen MR) is 111 cm³/mol. The highest BCUT2D eigenvalue weighted by Crippen LogP contribution is 2.23. The van der Waals surface area contributed by atoms with Crippen LogP contribution in [0.1, 0.15) is 34.8 Å². The van der Waals surface area contributed by atoms with Gasteiger partial charge in [-0.3, -0.25) is 9.78 Å². The van der Waals surface area contributed by atoms with E-state index in [-0.39, 0.29) is 5.91 Å². The SMILES string of the molecule is CCCc1ccc(NC(=O)c2cc(Cl)ccc2NCc2ccncc2)cc1. The molecule has 1 aromatic heterocycles. The minimum absolute atomic E-state index is 0.196. The lowest BCUT2D eigenvalue weighted by Gasteiger charge is -2.13. The monoisotopic (exact) mass is 379 g/mol. The van der Waals surface area contributed by atoms with Crippen LogP contribution in [0.25, 0.3) is 0 Å². The van der Waals surface area contributed by atoms with Gasteiger partial charge in [-0.1, -0.05) is 37.1 Å². The van der Waals surface area contributed by atoms with Gasteiger partial charge in [0.25, 0.3) is 5.91 Å². The van der Waals surface area contributed by atoms with E-state index in [0.717, 1.165) is 29.8 Å². The molecule has 0 saturated heterocycles. The number of aromatic nitrogens is 1. The van der Waals surface area contributed by atoms with Crippen molar-refractivity contribution in [2.24, 2.45) is 0 Å². The van der Waals surface area contributed by atoms with Crippen molar-refractivity contribution < 1.29 is 4.79 Å². The second-order valence-corrected chi connectivity index (χ2v) is 6.74. The van der Waals surface area contributed by atoms with Gasteiger partial charge in [-0.05, 0) is 60.0 Å². The number of halogens is 1. The number of amides is 1. The molecule has 2 N–H and O–H groups in total. The highest BCUT2D eigenvalue weighted by molar-refractivity contribution is 6.31. The summed E-state index contributed by atoms with van der Waals surface area (Å²) in [4.78, 5) is 16.8. The summed E-state index contributed by atoms with van der Waals surface area (Å²) in [6, 6.07) is 17.1. The van der Waals surface area contributed by atoms with E-state index in [1.165, 1.54) is 5.56 Å². The molecule has 1 amide bonds. The van der Waals surface area contributed by atoms with Crippen molar-refractivity contribution in [2.75, 3.05) is 10.6 Å². The van der Waals surface area contributed by atoms with Gasteiger partial charge in [-0.25, -0.2) is 0 Å². The fraction of sp³-hybridized carbons (Fsp3) is 0.182. The fourth-order valence-corrected chi connectivity index (χ4v) is 2.97. The maximum Gasteiger partial charge on any atom is 0.257 e. The Hall–Kier alpha value is -2.85. The van der Waals surface area contributed by atoms with E-state index < -0.39 is 0 Å². The first kappa shape index (κ1) is 18.9. The van der Waals surface area contributed by atoms with Crippen molar-refractivity contribution in [3.8, 4) is 0 Å². The standard InChI is InChI=1S/C22H22ClN3O/c1-2-3-16-4-7-19(8-5-16)26-22(27)20-14-18(23)6-9-21(20)25-15-17-10-12-24-13-11-17/h4-14,25H,2-3,15H2,1H3,(H,26,27). The number of anilines is 2. The number of rotatable bonds is 7. The van der Waals surface area contributed by atoms with E-state index in [2.05, 4.69) is 22.5 Å². The molecule has 4 nitrogen and oxygen atoms in total. The summed E-state index contributed by atoms with van der Waals surface area (Å²) in [6.45, 7) is 2.74. The number of nitrogens with zero attached hydrogens (tertiary/aromatic N) is 1. The molecule has 0 atom stereocenters. The average Bonchev–Trinajstić information content (AvgIpc) is 2.69. The molecule has 1 heterocycles. The first-order valence-corrected chi connectivity index (χ1v) is 9.36. The van der Waals surface area contributed by atoms with Gasteiger partial charge in [0.15, 0.2) is 0 Å². The van der Waals surface area contributed by atoms with Crippen LogP contribution < -0.4 is 10.6 Å². The Balaban J connectivity index is 1.74. The summed E-state index contributed by atoms with van der Waals surface area (Å²) in [7, 11) is 0. The van der Waals surface area contributed by atoms with E-state index in [9.17, 15) is 4.79 Å². The van der Waals surface area contributed by atoms with E-state index in [0.29, 0.717) is 17.1 Å². The quantitative estimate of drug-likeness (QED) is 0.565. The Bertz CT molecular complexity index is 895. The van der Waals surface area contributed by atoms with Crippen LogP contribution in [0.4, 0.5) is 11.4 Å². The first-order chi connectivity index (χ1) is 13.2. The molecule has 3 rings (SSSR count). The van der Waals surface area contributed by atoms with Crippen LogP contribution in [-0.2, 0) is 13.0 Å². The molecule has 3 aromatic rings. The summed E-state index contributed by atoms with van der Waals surface area (Å²) < 4.78 is 0. The Morgan fingerprint density at radius 1 is 1.00 bits per heavy atom. The average molecular weight is 380 g/mol. The van der Waals surface area contributed by atoms with Gasteiger partial charge in [-0.15, -0.1) is 0 Å². The molecule has 27 heavy (non-hydrogen) atoms. The summed E-state index contributed by atoms with van der Waals surface area (Å²) in [5.74, 6) is -0.196. The molecule has 138 valence electrons. The van der Waals surface area contributed by atoms with E-state index >= 15 is 0 Å². The normalized spacial score (nSPS) is 10.4. The van der Waals surface area contributed by atoms with Crippen molar-refractivity contribution in [3.05, 3.63) is 88.7 Å². The topological polar surface area (TPSA) is 54.0 Å². The van der Waals surface area contributed by atoms with E-state index in [4.69, 9.17) is 11.6 Å². The zero-order chi connectivity index (χ0) is 19.1. The zero-order valence-electron chi connectivity index (χ0n) is 15.2. The van der Waals surface area contributed by atoms with E-state index in [1.807, 2.05) is 42.5 Å². The molecule has 0 spiro atoms. The number of carbonyl (C=O) groups is 1. The van der Waals surface area contributed by atoms with Gasteiger partial charge in [-0.2, -0.15) is 0 Å². The fourth-order valence-electron chi connectivity index (χ4n) is 2.80. The molecule has 2 aromatic carbocycles. The molecular formula is C22H22ClN3O. The van der Waals surface area contributed by atoms with Crippen molar-refractivity contribution in [3.63, 3.8) is 0 Å². The maximum absolute atomic E-state index is 12.8. The smallest absolute Gasteiger partial charge is 0.257 e. The zero-order valence-corrected chi connectivity index (χ0v) is 16.0. The van der Waals surface area contributed by atoms with Crippen LogP contribution in [0.5, 0.6) is 0 Å².